The first-order chi connectivity index (χ1) is 14.0. The van der Waals surface area contributed by atoms with Crippen LogP contribution in [0.1, 0.15) is 37.4 Å². The van der Waals surface area contributed by atoms with E-state index >= 15 is 0 Å². The molecule has 2 N–H and O–H groups in total. The number of amides is 1. The first kappa shape index (κ1) is 24.1. The van der Waals surface area contributed by atoms with Crippen LogP contribution in [0.4, 0.5) is 0 Å². The van der Waals surface area contributed by atoms with Gasteiger partial charge in [-0.25, -0.2) is 8.42 Å². The maximum Gasteiger partial charge on any atom is 0.234 e. The summed E-state index contributed by atoms with van der Waals surface area (Å²) in [4.78, 5) is 14.3. The van der Waals surface area contributed by atoms with Gasteiger partial charge in [0.1, 0.15) is 0 Å². The van der Waals surface area contributed by atoms with Crippen molar-refractivity contribution in [1.29, 1.82) is 5.26 Å². The van der Waals surface area contributed by atoms with Crippen LogP contribution in [-0.4, -0.2) is 38.1 Å². The summed E-state index contributed by atoms with van der Waals surface area (Å²) in [5.74, 6) is -0.296. The summed E-state index contributed by atoms with van der Waals surface area (Å²) in [7, 11) is -3.34. The zero-order chi connectivity index (χ0) is 22.5. The Morgan fingerprint density at radius 1 is 1.10 bits per heavy atom. The molecule has 160 valence electrons. The summed E-state index contributed by atoms with van der Waals surface area (Å²) >= 11 is 3.43. The number of hydrogen-bond acceptors (Lipinski definition) is 5. The Kier molecular flexibility index (Phi) is 8.18. The minimum absolute atomic E-state index is 0.00507. The summed E-state index contributed by atoms with van der Waals surface area (Å²) < 4.78 is 24.6. The molecule has 0 saturated carbocycles. The van der Waals surface area contributed by atoms with Crippen LogP contribution in [0.2, 0.25) is 0 Å². The molecule has 0 heterocycles. The minimum Gasteiger partial charge on any atom is -0.368 e. The van der Waals surface area contributed by atoms with Crippen molar-refractivity contribution in [3.8, 4) is 6.07 Å². The van der Waals surface area contributed by atoms with Crippen molar-refractivity contribution in [1.82, 2.24) is 4.90 Å². The number of hydrogen-bond donors (Lipinski definition) is 1. The van der Waals surface area contributed by atoms with Gasteiger partial charge in [-0.3, -0.25) is 9.69 Å². The van der Waals surface area contributed by atoms with E-state index < -0.39 is 27.8 Å². The molecule has 0 aromatic heterocycles. The predicted octanol–water partition coefficient (Wildman–Crippen LogP) is 3.67. The number of rotatable bonds is 9. The Balaban J connectivity index is 2.64. The SMILES string of the molecule is CC(C)C[C@@H](C(N)=O)N(CC#N)C(c1ccc(Br)cc1)c1ccc(S(C)(=O)=O)cc1. The molecule has 0 fully saturated rings. The molecule has 0 spiro atoms. The fraction of sp³-hybridized carbons (Fsp3) is 0.364. The van der Waals surface area contributed by atoms with Crippen LogP contribution in [0.3, 0.4) is 0 Å². The van der Waals surface area contributed by atoms with Crippen LogP contribution in [-0.2, 0) is 14.6 Å². The molecule has 30 heavy (non-hydrogen) atoms. The summed E-state index contributed by atoms with van der Waals surface area (Å²) in [6, 6.07) is 15.2. The van der Waals surface area contributed by atoms with E-state index in [1.54, 1.807) is 29.2 Å². The Bertz CT molecular complexity index is 1010. The highest BCUT2D eigenvalue weighted by molar-refractivity contribution is 9.10. The smallest absolute Gasteiger partial charge is 0.234 e. The number of benzene rings is 2. The molecule has 6 nitrogen and oxygen atoms in total. The summed E-state index contributed by atoms with van der Waals surface area (Å²) in [6.07, 6.45) is 1.66. The van der Waals surface area contributed by atoms with Crippen molar-refractivity contribution in [3.63, 3.8) is 0 Å². The van der Waals surface area contributed by atoms with Crippen molar-refractivity contribution in [2.24, 2.45) is 11.7 Å². The maximum atomic E-state index is 12.3. The van der Waals surface area contributed by atoms with Gasteiger partial charge >= 0.3 is 0 Å². The maximum absolute atomic E-state index is 12.3. The molecular weight excluding hydrogens is 466 g/mol. The van der Waals surface area contributed by atoms with E-state index in [1.807, 2.05) is 38.1 Å². The van der Waals surface area contributed by atoms with Crippen LogP contribution in [0.5, 0.6) is 0 Å². The molecule has 0 radical (unpaired) electrons. The standard InChI is InChI=1S/C22H26BrN3O3S/c1-15(2)14-20(22(25)27)26(13-12-24)21(16-4-8-18(23)9-5-16)17-6-10-19(11-7-17)30(3,28)29/h4-11,15,20-21H,13-14H2,1-3H3,(H2,25,27)/t20-,21?/m0/s1. The molecule has 1 amide bonds. The van der Waals surface area contributed by atoms with Crippen molar-refractivity contribution in [2.75, 3.05) is 12.8 Å². The van der Waals surface area contributed by atoms with Crippen LogP contribution < -0.4 is 5.73 Å². The second-order valence-corrected chi connectivity index (χ2v) is 10.6. The zero-order valence-corrected chi connectivity index (χ0v) is 19.7. The van der Waals surface area contributed by atoms with Gasteiger partial charge in [0, 0.05) is 10.7 Å². The highest BCUT2D eigenvalue weighted by Crippen LogP contribution is 2.33. The number of nitrogens with two attached hydrogens (primary N) is 1. The van der Waals surface area contributed by atoms with Gasteiger partial charge in [-0.2, -0.15) is 5.26 Å². The Labute approximate surface area is 186 Å². The van der Waals surface area contributed by atoms with Gasteiger partial charge in [0.25, 0.3) is 0 Å². The third kappa shape index (κ3) is 6.14. The number of primary amides is 1. The van der Waals surface area contributed by atoms with Crippen LogP contribution in [0.25, 0.3) is 0 Å². The number of nitrogens with zero attached hydrogens (tertiary/aromatic N) is 2. The molecule has 2 aromatic rings. The average Bonchev–Trinajstić information content (AvgIpc) is 2.66. The number of sulfone groups is 1. The lowest BCUT2D eigenvalue weighted by atomic mass is 9.93. The molecule has 0 aliphatic rings. The highest BCUT2D eigenvalue weighted by atomic mass is 79.9. The first-order valence-corrected chi connectivity index (χ1v) is 12.2. The van der Waals surface area contributed by atoms with E-state index in [0.717, 1.165) is 21.9 Å². The van der Waals surface area contributed by atoms with E-state index in [4.69, 9.17) is 5.73 Å². The van der Waals surface area contributed by atoms with Gasteiger partial charge in [0.2, 0.25) is 5.91 Å². The molecular formula is C22H26BrN3O3S. The quantitative estimate of drug-likeness (QED) is 0.538. The van der Waals surface area contributed by atoms with E-state index in [9.17, 15) is 18.5 Å². The van der Waals surface area contributed by atoms with Crippen LogP contribution in [0.15, 0.2) is 57.9 Å². The third-order valence-electron chi connectivity index (χ3n) is 4.82. The van der Waals surface area contributed by atoms with Crippen molar-refractivity contribution >= 4 is 31.7 Å². The molecule has 0 bridgehead atoms. The summed E-state index contributed by atoms with van der Waals surface area (Å²) in [5.41, 5.74) is 7.38. The van der Waals surface area contributed by atoms with Gasteiger partial charge in [-0.15, -0.1) is 0 Å². The van der Waals surface area contributed by atoms with Crippen LogP contribution >= 0.6 is 15.9 Å². The Morgan fingerprint density at radius 3 is 2.00 bits per heavy atom. The molecule has 0 aliphatic carbocycles. The number of halogens is 1. The lowest BCUT2D eigenvalue weighted by Gasteiger charge is -2.36. The minimum atomic E-state index is -3.34. The Hall–Kier alpha value is -2.21. The molecule has 0 aliphatic heterocycles. The van der Waals surface area contributed by atoms with Crippen molar-refractivity contribution < 1.29 is 13.2 Å². The van der Waals surface area contributed by atoms with Gasteiger partial charge in [-0.1, -0.05) is 54.0 Å². The highest BCUT2D eigenvalue weighted by Gasteiger charge is 2.32. The van der Waals surface area contributed by atoms with E-state index in [2.05, 4.69) is 22.0 Å². The molecule has 2 aromatic carbocycles. The largest absolute Gasteiger partial charge is 0.368 e. The number of carbonyl (C=O) groups is 1. The molecule has 2 rings (SSSR count). The fourth-order valence-electron chi connectivity index (χ4n) is 3.44. The second kappa shape index (κ2) is 10.2. The van der Waals surface area contributed by atoms with E-state index in [1.165, 1.54) is 0 Å². The average molecular weight is 492 g/mol. The van der Waals surface area contributed by atoms with Gasteiger partial charge in [0.05, 0.1) is 29.6 Å². The first-order valence-electron chi connectivity index (χ1n) is 9.52. The van der Waals surface area contributed by atoms with Gasteiger partial charge in [0.15, 0.2) is 9.84 Å². The topological polar surface area (TPSA) is 104 Å². The summed E-state index contributed by atoms with van der Waals surface area (Å²) in [5, 5.41) is 9.51. The van der Waals surface area contributed by atoms with Gasteiger partial charge in [-0.05, 0) is 47.7 Å². The lowest BCUT2D eigenvalue weighted by molar-refractivity contribution is -0.124. The van der Waals surface area contributed by atoms with E-state index in [-0.39, 0.29) is 17.4 Å². The number of nitriles is 1. The lowest BCUT2D eigenvalue weighted by Crippen LogP contribution is -2.47. The van der Waals surface area contributed by atoms with Crippen molar-refractivity contribution in [2.45, 2.75) is 37.2 Å². The number of carbonyl (C=O) groups excluding carboxylic acids is 1. The normalized spacial score (nSPS) is 13.8. The fourth-order valence-corrected chi connectivity index (χ4v) is 4.34. The molecule has 8 heteroatoms. The Morgan fingerprint density at radius 2 is 1.60 bits per heavy atom. The molecule has 1 unspecified atom stereocenters. The van der Waals surface area contributed by atoms with Crippen molar-refractivity contribution in [3.05, 3.63) is 64.1 Å². The van der Waals surface area contributed by atoms with Crippen LogP contribution in [0, 0.1) is 17.2 Å². The molecule has 2 atom stereocenters. The predicted molar refractivity (Wildman–Crippen MR) is 120 cm³/mol. The van der Waals surface area contributed by atoms with Gasteiger partial charge < -0.3 is 5.73 Å². The second-order valence-electron chi connectivity index (χ2n) is 7.67. The molecule has 0 saturated heterocycles. The third-order valence-corrected chi connectivity index (χ3v) is 6.48. The zero-order valence-electron chi connectivity index (χ0n) is 17.2. The van der Waals surface area contributed by atoms with E-state index in [0.29, 0.717) is 6.42 Å². The summed E-state index contributed by atoms with van der Waals surface area (Å²) in [6.45, 7) is 3.99. The monoisotopic (exact) mass is 491 g/mol.